The molecule has 0 aromatic rings. The Kier molecular flexibility index (Phi) is 5.35. The molecule has 0 spiro atoms. The zero-order chi connectivity index (χ0) is 12.3. The fourth-order valence-electron chi connectivity index (χ4n) is 2.50. The second kappa shape index (κ2) is 5.19. The average Bonchev–Trinajstić information content (AvgIpc) is 2.20. The third-order valence-electron chi connectivity index (χ3n) is 4.15. The normalized spacial score (nSPS) is 14.3. The molecule has 0 saturated heterocycles. The van der Waals surface area contributed by atoms with Crippen molar-refractivity contribution in [3.63, 3.8) is 0 Å². The molecule has 0 N–H and O–H groups in total. The van der Waals surface area contributed by atoms with Gasteiger partial charge in [0.2, 0.25) is 0 Å². The molecule has 0 fully saturated rings. The summed E-state index contributed by atoms with van der Waals surface area (Å²) in [6, 6.07) is 0. The molecule has 0 saturated carbocycles. The van der Waals surface area contributed by atoms with Gasteiger partial charge in [-0.1, -0.05) is 0 Å². The second-order valence-corrected chi connectivity index (χ2v) is 19.9. The Balaban J connectivity index is 5.50. The molecule has 0 radical (unpaired) electrons. The number of hydrogen-bond donors (Lipinski definition) is 0. The third-order valence-corrected chi connectivity index (χ3v) is 23.5. The topological polar surface area (TPSA) is 43.4 Å². The van der Waals surface area contributed by atoms with Gasteiger partial charge in [0.05, 0.1) is 0 Å². The van der Waals surface area contributed by atoms with Gasteiger partial charge in [0.25, 0.3) is 0 Å². The molecule has 92 valence electrons. The Hall–Kier alpha value is 0.453. The van der Waals surface area contributed by atoms with E-state index in [-0.39, 0.29) is 0 Å². The van der Waals surface area contributed by atoms with Crippen molar-refractivity contribution in [2.45, 2.75) is 54.0 Å². The monoisotopic (exact) mass is 298 g/mol. The Morgan fingerprint density at radius 3 is 1.60 bits per heavy atom. The van der Waals surface area contributed by atoms with Crippen LogP contribution in [0.3, 0.4) is 0 Å². The van der Waals surface area contributed by atoms with Crippen molar-refractivity contribution >= 4 is 23.4 Å². The van der Waals surface area contributed by atoms with E-state index < -0.39 is 27.0 Å². The summed E-state index contributed by atoms with van der Waals surface area (Å²) in [5.41, 5.74) is 0. The molecule has 0 aliphatic rings. The van der Waals surface area contributed by atoms with Crippen molar-refractivity contribution in [1.29, 1.82) is 0 Å². The van der Waals surface area contributed by atoms with Crippen molar-refractivity contribution in [3.05, 3.63) is 0 Å². The first-order valence-corrected chi connectivity index (χ1v) is 12.5. The summed E-state index contributed by atoms with van der Waals surface area (Å²) in [6.45, 7) is 10.1. The molecule has 5 heteroatoms. The summed E-state index contributed by atoms with van der Waals surface area (Å²) in [4.78, 5) is 0. The van der Waals surface area contributed by atoms with Gasteiger partial charge in [-0.3, -0.25) is 0 Å². The second-order valence-electron chi connectivity index (χ2n) is 4.47. The molecular weight excluding hydrogens is 273 g/mol. The molecule has 0 rings (SSSR count). The zero-order valence-corrected chi connectivity index (χ0v) is 13.7. The van der Waals surface area contributed by atoms with Crippen LogP contribution >= 0.6 is 0 Å². The van der Waals surface area contributed by atoms with E-state index in [4.69, 9.17) is 4.18 Å². The third kappa shape index (κ3) is 2.42. The van der Waals surface area contributed by atoms with Crippen LogP contribution in [0.25, 0.3) is 0 Å². The minimum atomic E-state index is -3.41. The first-order valence-electron chi connectivity index (χ1n) is 5.54. The first-order chi connectivity index (χ1) is 6.74. The summed E-state index contributed by atoms with van der Waals surface area (Å²) >= 11 is -2.38. The van der Waals surface area contributed by atoms with E-state index in [1.165, 1.54) is 7.11 Å². The Labute approximate surface area is 97.1 Å². The van der Waals surface area contributed by atoms with Crippen LogP contribution in [-0.2, 0) is 14.3 Å². The summed E-state index contributed by atoms with van der Waals surface area (Å²) in [7, 11) is -2.14. The molecule has 0 aromatic carbocycles. The van der Waals surface area contributed by atoms with E-state index in [1.54, 1.807) is 0 Å². The van der Waals surface area contributed by atoms with Gasteiger partial charge >= 0.3 is 97.1 Å². The molecule has 0 bridgehead atoms. The molecule has 15 heavy (non-hydrogen) atoms. The summed E-state index contributed by atoms with van der Waals surface area (Å²) < 4.78 is 28.0. The molecular formula is C10H24GeO3S. The van der Waals surface area contributed by atoms with Crippen LogP contribution in [0.2, 0.25) is 15.8 Å². The Morgan fingerprint density at radius 2 is 1.40 bits per heavy atom. The van der Waals surface area contributed by atoms with Crippen molar-refractivity contribution in [2.75, 3.05) is 7.11 Å². The average molecular weight is 297 g/mol. The molecule has 0 heterocycles. The maximum absolute atomic E-state index is 12.0. The molecule has 3 nitrogen and oxygen atoms in total. The molecule has 0 amide bonds. The van der Waals surface area contributed by atoms with Gasteiger partial charge in [-0.05, 0) is 0 Å². The predicted molar refractivity (Wildman–Crippen MR) is 67.2 cm³/mol. The van der Waals surface area contributed by atoms with Crippen molar-refractivity contribution in [2.24, 2.45) is 0 Å². The van der Waals surface area contributed by atoms with Crippen LogP contribution in [0.15, 0.2) is 0 Å². The molecule has 0 aromatic heterocycles. The van der Waals surface area contributed by atoms with Gasteiger partial charge < -0.3 is 0 Å². The van der Waals surface area contributed by atoms with E-state index in [2.05, 4.69) is 20.8 Å². The van der Waals surface area contributed by atoms with Crippen LogP contribution in [0.4, 0.5) is 0 Å². The number of rotatable bonds is 6. The minimum absolute atomic E-state index is 0.653. The van der Waals surface area contributed by atoms with Gasteiger partial charge in [0.15, 0.2) is 0 Å². The van der Waals surface area contributed by atoms with Gasteiger partial charge in [-0.15, -0.1) is 0 Å². The molecule has 0 atom stereocenters. The van der Waals surface area contributed by atoms with Crippen molar-refractivity contribution in [3.8, 4) is 0 Å². The van der Waals surface area contributed by atoms with Crippen molar-refractivity contribution < 1.29 is 12.6 Å². The Morgan fingerprint density at radius 1 is 1.07 bits per heavy atom. The van der Waals surface area contributed by atoms with Gasteiger partial charge in [-0.2, -0.15) is 0 Å². The SMILES string of the molecule is C[CH2][Ge]([CH2]C)([CH2]C)[C](C)(C)S(=O)(=O)OC. The summed E-state index contributed by atoms with van der Waals surface area (Å²) in [5.74, 6) is 0. The fourth-order valence-corrected chi connectivity index (χ4v) is 18.1. The molecule has 0 aliphatic carbocycles. The van der Waals surface area contributed by atoms with E-state index >= 15 is 0 Å². The van der Waals surface area contributed by atoms with E-state index in [0.29, 0.717) is 0 Å². The van der Waals surface area contributed by atoms with E-state index in [9.17, 15) is 8.42 Å². The predicted octanol–water partition coefficient (Wildman–Crippen LogP) is 2.79. The first kappa shape index (κ1) is 15.5. The summed E-state index contributed by atoms with van der Waals surface area (Å²) in [6.07, 6.45) is 0. The van der Waals surface area contributed by atoms with Crippen LogP contribution in [0, 0.1) is 0 Å². The van der Waals surface area contributed by atoms with E-state index in [1.807, 2.05) is 13.8 Å². The standard InChI is InChI=1S/C10H24GeO3S/c1-7-11(8-2,9-3)10(4,5)15(12,13)14-6/h7-9H2,1-6H3. The molecule has 0 aliphatic heterocycles. The van der Waals surface area contributed by atoms with Crippen LogP contribution < -0.4 is 0 Å². The zero-order valence-electron chi connectivity index (χ0n) is 10.8. The van der Waals surface area contributed by atoms with Gasteiger partial charge in [0.1, 0.15) is 0 Å². The van der Waals surface area contributed by atoms with E-state index in [0.717, 1.165) is 15.8 Å². The van der Waals surface area contributed by atoms with Gasteiger partial charge in [-0.25, -0.2) is 0 Å². The van der Waals surface area contributed by atoms with Gasteiger partial charge in [0, 0.05) is 0 Å². The van der Waals surface area contributed by atoms with Crippen LogP contribution in [0.1, 0.15) is 34.6 Å². The quantitative estimate of drug-likeness (QED) is 0.559. The van der Waals surface area contributed by atoms with Crippen LogP contribution in [-0.4, -0.2) is 32.4 Å². The molecule has 0 unspecified atom stereocenters. The summed E-state index contributed by atoms with van der Waals surface area (Å²) in [5, 5.41) is 3.09. The Bertz CT molecular complexity index is 284. The van der Waals surface area contributed by atoms with Crippen LogP contribution in [0.5, 0.6) is 0 Å². The fraction of sp³-hybridized carbons (Fsp3) is 1.00. The number of hydrogen-bond acceptors (Lipinski definition) is 3. The maximum atomic E-state index is 12.0. The van der Waals surface area contributed by atoms with Crippen molar-refractivity contribution in [1.82, 2.24) is 0 Å².